The lowest BCUT2D eigenvalue weighted by molar-refractivity contribution is -0.122. The summed E-state index contributed by atoms with van der Waals surface area (Å²) >= 11 is 0. The van der Waals surface area contributed by atoms with Gasteiger partial charge < -0.3 is 15.0 Å². The monoisotopic (exact) mass is 372 g/mol. The van der Waals surface area contributed by atoms with Gasteiger partial charge in [0.1, 0.15) is 11.5 Å². The van der Waals surface area contributed by atoms with Crippen LogP contribution in [-0.4, -0.2) is 18.4 Å². The molecule has 5 nitrogen and oxygen atoms in total. The molecule has 140 valence electrons. The van der Waals surface area contributed by atoms with Crippen molar-refractivity contribution in [1.82, 2.24) is 0 Å². The zero-order valence-corrected chi connectivity index (χ0v) is 15.2. The summed E-state index contributed by atoms with van der Waals surface area (Å²) in [6, 6.07) is 26.1. The third-order valence-electron chi connectivity index (χ3n) is 4.66. The molecule has 0 spiro atoms. The first-order valence-electron chi connectivity index (χ1n) is 9.18. The van der Waals surface area contributed by atoms with Crippen molar-refractivity contribution >= 4 is 23.2 Å². The first-order chi connectivity index (χ1) is 13.7. The van der Waals surface area contributed by atoms with Gasteiger partial charge in [-0.2, -0.15) is 0 Å². The van der Waals surface area contributed by atoms with Crippen LogP contribution in [0.1, 0.15) is 6.42 Å². The van der Waals surface area contributed by atoms with Crippen molar-refractivity contribution in [1.29, 1.82) is 0 Å². The summed E-state index contributed by atoms with van der Waals surface area (Å²) in [6.07, 6.45) is 0.209. The van der Waals surface area contributed by atoms with Crippen LogP contribution in [0.15, 0.2) is 84.9 Å². The third kappa shape index (κ3) is 4.04. The molecule has 1 unspecified atom stereocenters. The fourth-order valence-electron chi connectivity index (χ4n) is 3.22. The molecule has 0 radical (unpaired) electrons. The van der Waals surface area contributed by atoms with E-state index in [9.17, 15) is 9.59 Å². The number of anilines is 2. The van der Waals surface area contributed by atoms with Gasteiger partial charge in [-0.25, -0.2) is 0 Å². The highest BCUT2D eigenvalue weighted by atomic mass is 16.5. The predicted molar refractivity (Wildman–Crippen MR) is 108 cm³/mol. The van der Waals surface area contributed by atoms with E-state index >= 15 is 0 Å². The van der Waals surface area contributed by atoms with E-state index in [1.807, 2.05) is 84.9 Å². The SMILES string of the molecule is O=C(Nc1ccccc1)C1CC(=O)N(c2ccc(Oc3ccccc3)cc2)C1. The number of benzene rings is 3. The molecule has 1 atom stereocenters. The van der Waals surface area contributed by atoms with Crippen molar-refractivity contribution in [2.75, 3.05) is 16.8 Å². The zero-order chi connectivity index (χ0) is 19.3. The Labute approximate surface area is 163 Å². The third-order valence-corrected chi connectivity index (χ3v) is 4.66. The molecule has 0 aliphatic carbocycles. The van der Waals surface area contributed by atoms with Crippen LogP contribution in [0.5, 0.6) is 11.5 Å². The van der Waals surface area contributed by atoms with Gasteiger partial charge in [0.05, 0.1) is 5.92 Å². The molecule has 28 heavy (non-hydrogen) atoms. The minimum absolute atomic E-state index is 0.0510. The molecule has 1 fully saturated rings. The van der Waals surface area contributed by atoms with E-state index < -0.39 is 0 Å². The van der Waals surface area contributed by atoms with Crippen LogP contribution in [0, 0.1) is 5.92 Å². The highest BCUT2D eigenvalue weighted by molar-refractivity contribution is 6.03. The summed E-state index contributed by atoms with van der Waals surface area (Å²) in [5, 5.41) is 2.88. The van der Waals surface area contributed by atoms with Crippen molar-refractivity contribution in [2.45, 2.75) is 6.42 Å². The van der Waals surface area contributed by atoms with Crippen molar-refractivity contribution < 1.29 is 14.3 Å². The molecule has 0 saturated carbocycles. The number of hydrogen-bond acceptors (Lipinski definition) is 3. The van der Waals surface area contributed by atoms with E-state index in [4.69, 9.17) is 4.74 Å². The molecule has 4 rings (SSSR count). The summed E-state index contributed by atoms with van der Waals surface area (Å²) in [5.41, 5.74) is 1.50. The minimum atomic E-state index is -0.368. The molecule has 3 aromatic rings. The van der Waals surface area contributed by atoms with E-state index in [0.717, 1.165) is 17.1 Å². The van der Waals surface area contributed by atoms with Crippen LogP contribution in [0.3, 0.4) is 0 Å². The number of carbonyl (C=O) groups excluding carboxylic acids is 2. The Morgan fingerprint density at radius 2 is 1.46 bits per heavy atom. The topological polar surface area (TPSA) is 58.6 Å². The van der Waals surface area contributed by atoms with Gasteiger partial charge in [-0.3, -0.25) is 9.59 Å². The van der Waals surface area contributed by atoms with Crippen molar-refractivity contribution in [3.63, 3.8) is 0 Å². The Hall–Kier alpha value is -3.60. The maximum atomic E-state index is 12.5. The lowest BCUT2D eigenvalue weighted by Gasteiger charge is -2.17. The Balaban J connectivity index is 1.40. The van der Waals surface area contributed by atoms with E-state index in [-0.39, 0.29) is 24.2 Å². The molecular formula is C23H20N2O3. The van der Waals surface area contributed by atoms with Gasteiger partial charge in [0, 0.05) is 24.3 Å². The van der Waals surface area contributed by atoms with Gasteiger partial charge in [-0.1, -0.05) is 36.4 Å². The zero-order valence-electron chi connectivity index (χ0n) is 15.2. The first kappa shape index (κ1) is 17.8. The van der Waals surface area contributed by atoms with Crippen LogP contribution in [0.25, 0.3) is 0 Å². The average molecular weight is 372 g/mol. The van der Waals surface area contributed by atoms with Crippen LogP contribution in [0.4, 0.5) is 11.4 Å². The standard InChI is InChI=1S/C23H20N2O3/c26-22-15-17(23(27)24-18-7-3-1-4-8-18)16-25(22)19-11-13-21(14-12-19)28-20-9-5-2-6-10-20/h1-14,17H,15-16H2,(H,24,27). The lowest BCUT2D eigenvalue weighted by Crippen LogP contribution is -2.28. The number of nitrogens with one attached hydrogen (secondary N) is 1. The van der Waals surface area contributed by atoms with Gasteiger partial charge in [0.2, 0.25) is 11.8 Å². The Morgan fingerprint density at radius 1 is 0.857 bits per heavy atom. The Morgan fingerprint density at radius 3 is 2.14 bits per heavy atom. The van der Waals surface area contributed by atoms with Gasteiger partial charge in [0.25, 0.3) is 0 Å². The molecule has 2 amide bonds. The number of carbonyl (C=O) groups is 2. The molecule has 1 heterocycles. The van der Waals surface area contributed by atoms with Gasteiger partial charge in [0.15, 0.2) is 0 Å². The second kappa shape index (κ2) is 7.96. The molecule has 5 heteroatoms. The molecular weight excluding hydrogens is 352 g/mol. The van der Waals surface area contributed by atoms with Crippen LogP contribution in [0.2, 0.25) is 0 Å². The molecule has 0 bridgehead atoms. The molecule has 1 saturated heterocycles. The molecule has 1 aliphatic heterocycles. The predicted octanol–water partition coefficient (Wildman–Crippen LogP) is 4.47. The van der Waals surface area contributed by atoms with Crippen LogP contribution in [-0.2, 0) is 9.59 Å². The highest BCUT2D eigenvalue weighted by Crippen LogP contribution is 2.29. The molecule has 1 aliphatic rings. The van der Waals surface area contributed by atoms with Gasteiger partial charge in [-0.05, 0) is 48.5 Å². The van der Waals surface area contributed by atoms with Gasteiger partial charge >= 0.3 is 0 Å². The van der Waals surface area contributed by atoms with Crippen LogP contribution >= 0.6 is 0 Å². The van der Waals surface area contributed by atoms with Crippen molar-refractivity contribution in [3.8, 4) is 11.5 Å². The fraction of sp³-hybridized carbons (Fsp3) is 0.130. The summed E-state index contributed by atoms with van der Waals surface area (Å²) in [6.45, 7) is 0.371. The molecule has 1 N–H and O–H groups in total. The number of rotatable bonds is 5. The van der Waals surface area contributed by atoms with Crippen molar-refractivity contribution in [3.05, 3.63) is 84.9 Å². The largest absolute Gasteiger partial charge is 0.457 e. The van der Waals surface area contributed by atoms with Crippen LogP contribution < -0.4 is 15.0 Å². The smallest absolute Gasteiger partial charge is 0.229 e. The molecule has 0 aromatic heterocycles. The quantitative estimate of drug-likeness (QED) is 0.719. The number of para-hydroxylation sites is 2. The summed E-state index contributed by atoms with van der Waals surface area (Å²) in [5.74, 6) is 0.897. The van der Waals surface area contributed by atoms with E-state index in [1.165, 1.54) is 0 Å². The highest BCUT2D eigenvalue weighted by Gasteiger charge is 2.35. The first-order valence-corrected chi connectivity index (χ1v) is 9.18. The second-order valence-corrected chi connectivity index (χ2v) is 6.67. The van der Waals surface area contributed by atoms with E-state index in [2.05, 4.69) is 5.32 Å². The number of amides is 2. The van der Waals surface area contributed by atoms with E-state index in [0.29, 0.717) is 12.3 Å². The average Bonchev–Trinajstić information content (AvgIpc) is 3.12. The minimum Gasteiger partial charge on any atom is -0.457 e. The van der Waals surface area contributed by atoms with E-state index in [1.54, 1.807) is 4.90 Å². The summed E-state index contributed by atoms with van der Waals surface area (Å²) < 4.78 is 5.78. The number of hydrogen-bond donors (Lipinski definition) is 1. The lowest BCUT2D eigenvalue weighted by atomic mass is 10.1. The number of ether oxygens (including phenoxy) is 1. The second-order valence-electron chi connectivity index (χ2n) is 6.67. The summed E-state index contributed by atoms with van der Waals surface area (Å²) in [4.78, 5) is 26.6. The Bertz CT molecular complexity index is 956. The Kier molecular flexibility index (Phi) is 5.06. The maximum absolute atomic E-state index is 12.5. The molecule has 3 aromatic carbocycles. The fourth-order valence-corrected chi connectivity index (χ4v) is 3.22. The normalized spacial score (nSPS) is 16.1. The van der Waals surface area contributed by atoms with Crippen molar-refractivity contribution in [2.24, 2.45) is 5.92 Å². The van der Waals surface area contributed by atoms with Gasteiger partial charge in [-0.15, -0.1) is 0 Å². The number of nitrogens with zero attached hydrogens (tertiary/aromatic N) is 1. The maximum Gasteiger partial charge on any atom is 0.229 e. The summed E-state index contributed by atoms with van der Waals surface area (Å²) in [7, 11) is 0.